The molecule has 0 spiro atoms. The van der Waals surface area contributed by atoms with Crippen molar-refractivity contribution in [3.63, 3.8) is 0 Å². The lowest BCUT2D eigenvalue weighted by Crippen LogP contribution is -2.28. The fourth-order valence-corrected chi connectivity index (χ4v) is 4.88. The van der Waals surface area contributed by atoms with E-state index in [2.05, 4.69) is 85.2 Å². The monoisotopic (exact) mass is 467 g/mol. The Kier molecular flexibility index (Phi) is 7.77. The first-order valence-corrected chi connectivity index (χ1v) is 12.7. The molecule has 1 saturated carbocycles. The number of nitrogens with zero attached hydrogens (tertiary/aromatic N) is 1. The Labute approximate surface area is 210 Å². The Bertz CT molecular complexity index is 1150. The predicted molar refractivity (Wildman–Crippen MR) is 148 cm³/mol. The van der Waals surface area contributed by atoms with Crippen molar-refractivity contribution in [2.45, 2.75) is 64.6 Å². The van der Waals surface area contributed by atoms with E-state index in [9.17, 15) is 5.11 Å². The lowest BCUT2D eigenvalue weighted by molar-refractivity contribution is -0.000626. The van der Waals surface area contributed by atoms with Crippen molar-refractivity contribution in [2.24, 2.45) is 0 Å². The standard InChI is InChI=1S/C32H37NO2/c1-5-33(29-16-18-30(19-17-29)35-24(2)3)31-20-13-27(23-25(31)4)10-9-26-11-14-28(15-12-26)32(34)21-7-6-8-22-32/h5,9-20,23-24,34H,1,6-8,21-22H2,2-4H3/b10-9-. The molecule has 1 fully saturated rings. The molecule has 0 bridgehead atoms. The fourth-order valence-electron chi connectivity index (χ4n) is 4.88. The minimum atomic E-state index is -0.647. The van der Waals surface area contributed by atoms with E-state index in [-0.39, 0.29) is 6.10 Å². The molecule has 0 radical (unpaired) electrons. The van der Waals surface area contributed by atoms with Gasteiger partial charge in [-0.25, -0.2) is 0 Å². The van der Waals surface area contributed by atoms with Crippen molar-refractivity contribution in [3.8, 4) is 5.75 Å². The quantitative estimate of drug-likeness (QED) is 0.338. The summed E-state index contributed by atoms with van der Waals surface area (Å²) in [6.45, 7) is 10.2. The van der Waals surface area contributed by atoms with E-state index in [0.29, 0.717) is 0 Å². The smallest absolute Gasteiger partial charge is 0.119 e. The van der Waals surface area contributed by atoms with Gasteiger partial charge in [0.2, 0.25) is 0 Å². The fraction of sp³-hybridized carbons (Fsp3) is 0.312. The molecule has 0 heterocycles. The molecule has 3 aromatic carbocycles. The topological polar surface area (TPSA) is 32.7 Å². The molecule has 182 valence electrons. The number of aryl methyl sites for hydroxylation is 1. The van der Waals surface area contributed by atoms with Gasteiger partial charge in [-0.3, -0.25) is 0 Å². The third-order valence-electron chi connectivity index (χ3n) is 6.75. The number of anilines is 2. The number of aliphatic hydroxyl groups is 1. The molecular weight excluding hydrogens is 430 g/mol. The zero-order chi connectivity index (χ0) is 24.8. The van der Waals surface area contributed by atoms with E-state index in [4.69, 9.17) is 4.74 Å². The Balaban J connectivity index is 1.47. The zero-order valence-corrected chi connectivity index (χ0v) is 21.2. The van der Waals surface area contributed by atoms with Crippen LogP contribution in [0.5, 0.6) is 5.75 Å². The molecule has 0 aromatic heterocycles. The summed E-state index contributed by atoms with van der Waals surface area (Å²) in [4.78, 5) is 2.09. The largest absolute Gasteiger partial charge is 0.491 e. The SMILES string of the molecule is C=CN(c1ccc(OC(C)C)cc1)c1ccc(/C=C\c2ccc(C3(O)CCCCC3)cc2)cc1C. The molecule has 0 aliphatic heterocycles. The van der Waals surface area contributed by atoms with Crippen LogP contribution in [0.1, 0.15) is 68.2 Å². The molecule has 0 saturated heterocycles. The number of rotatable bonds is 8. The lowest BCUT2D eigenvalue weighted by Gasteiger charge is -2.32. The summed E-state index contributed by atoms with van der Waals surface area (Å²) in [7, 11) is 0. The second kappa shape index (κ2) is 11.0. The Morgan fingerprint density at radius 2 is 1.51 bits per heavy atom. The van der Waals surface area contributed by atoms with E-state index in [1.165, 1.54) is 12.0 Å². The third-order valence-corrected chi connectivity index (χ3v) is 6.75. The summed E-state index contributed by atoms with van der Waals surface area (Å²) < 4.78 is 5.77. The maximum atomic E-state index is 11.0. The molecule has 1 N–H and O–H groups in total. The van der Waals surface area contributed by atoms with Crippen LogP contribution < -0.4 is 9.64 Å². The van der Waals surface area contributed by atoms with Crippen LogP contribution in [-0.4, -0.2) is 11.2 Å². The first-order chi connectivity index (χ1) is 16.9. The Hall–Kier alpha value is -3.30. The van der Waals surface area contributed by atoms with Crippen LogP contribution in [0, 0.1) is 6.92 Å². The first-order valence-electron chi connectivity index (χ1n) is 12.7. The van der Waals surface area contributed by atoms with E-state index < -0.39 is 5.60 Å². The van der Waals surface area contributed by atoms with E-state index in [1.807, 2.05) is 32.2 Å². The van der Waals surface area contributed by atoms with Gasteiger partial charge in [0.05, 0.1) is 11.7 Å². The number of hydrogen-bond donors (Lipinski definition) is 1. The maximum Gasteiger partial charge on any atom is 0.119 e. The van der Waals surface area contributed by atoms with Crippen LogP contribution in [0.25, 0.3) is 12.2 Å². The summed E-state index contributed by atoms with van der Waals surface area (Å²) in [5.41, 5.74) is 5.98. The summed E-state index contributed by atoms with van der Waals surface area (Å²) in [5, 5.41) is 11.0. The van der Waals surface area contributed by atoms with Gasteiger partial charge in [-0.05, 0) is 92.3 Å². The van der Waals surface area contributed by atoms with Crippen LogP contribution in [0.15, 0.2) is 79.5 Å². The predicted octanol–water partition coefficient (Wildman–Crippen LogP) is 8.39. The first kappa shape index (κ1) is 24.8. The van der Waals surface area contributed by atoms with Crippen molar-refractivity contribution in [1.29, 1.82) is 0 Å². The number of ether oxygens (including phenoxy) is 1. The van der Waals surface area contributed by atoms with E-state index >= 15 is 0 Å². The molecule has 0 atom stereocenters. The molecule has 4 rings (SSSR count). The normalized spacial score (nSPS) is 15.3. The van der Waals surface area contributed by atoms with Gasteiger partial charge in [-0.2, -0.15) is 0 Å². The van der Waals surface area contributed by atoms with Gasteiger partial charge >= 0.3 is 0 Å². The van der Waals surface area contributed by atoms with Gasteiger partial charge in [-0.15, -0.1) is 0 Å². The lowest BCUT2D eigenvalue weighted by atomic mass is 9.79. The highest BCUT2D eigenvalue weighted by Gasteiger charge is 2.30. The second-order valence-corrected chi connectivity index (χ2v) is 9.81. The Morgan fingerprint density at radius 1 is 0.886 bits per heavy atom. The van der Waals surface area contributed by atoms with Gasteiger partial charge in [0.15, 0.2) is 0 Å². The summed E-state index contributed by atoms with van der Waals surface area (Å²) >= 11 is 0. The van der Waals surface area contributed by atoms with Gasteiger partial charge in [0, 0.05) is 17.6 Å². The summed E-state index contributed by atoms with van der Waals surface area (Å²) in [5.74, 6) is 0.867. The third kappa shape index (κ3) is 6.04. The average molecular weight is 468 g/mol. The molecule has 3 aromatic rings. The van der Waals surface area contributed by atoms with Crippen molar-refractivity contribution in [3.05, 3.63) is 102 Å². The highest BCUT2D eigenvalue weighted by atomic mass is 16.5. The number of hydrogen-bond acceptors (Lipinski definition) is 3. The zero-order valence-electron chi connectivity index (χ0n) is 21.2. The van der Waals surface area contributed by atoms with Gasteiger partial charge in [0.25, 0.3) is 0 Å². The molecule has 0 unspecified atom stereocenters. The molecular formula is C32H37NO2. The molecule has 3 nitrogen and oxygen atoms in total. The summed E-state index contributed by atoms with van der Waals surface area (Å²) in [6, 6.07) is 22.9. The van der Waals surface area contributed by atoms with Crippen molar-refractivity contribution >= 4 is 23.5 Å². The highest BCUT2D eigenvalue weighted by molar-refractivity contribution is 5.74. The second-order valence-electron chi connectivity index (χ2n) is 9.81. The molecule has 3 heteroatoms. The highest BCUT2D eigenvalue weighted by Crippen LogP contribution is 2.37. The van der Waals surface area contributed by atoms with E-state index in [0.717, 1.165) is 59.5 Å². The average Bonchev–Trinajstić information content (AvgIpc) is 2.86. The van der Waals surface area contributed by atoms with Crippen LogP contribution in [0.3, 0.4) is 0 Å². The van der Waals surface area contributed by atoms with Gasteiger partial charge < -0.3 is 14.7 Å². The number of benzene rings is 3. The molecule has 35 heavy (non-hydrogen) atoms. The Morgan fingerprint density at radius 3 is 2.11 bits per heavy atom. The van der Waals surface area contributed by atoms with Crippen molar-refractivity contribution in [2.75, 3.05) is 4.90 Å². The van der Waals surface area contributed by atoms with Crippen LogP contribution in [0.4, 0.5) is 11.4 Å². The van der Waals surface area contributed by atoms with Crippen LogP contribution in [0.2, 0.25) is 0 Å². The van der Waals surface area contributed by atoms with Gasteiger partial charge in [0.1, 0.15) is 5.75 Å². The molecule has 0 amide bonds. The van der Waals surface area contributed by atoms with E-state index in [1.54, 1.807) is 0 Å². The van der Waals surface area contributed by atoms with Gasteiger partial charge in [-0.1, -0.05) is 68.3 Å². The summed E-state index contributed by atoms with van der Waals surface area (Å²) in [6.07, 6.45) is 11.4. The minimum absolute atomic E-state index is 0.153. The van der Waals surface area contributed by atoms with Crippen LogP contribution in [-0.2, 0) is 5.60 Å². The molecule has 1 aliphatic carbocycles. The van der Waals surface area contributed by atoms with Crippen molar-refractivity contribution < 1.29 is 9.84 Å². The minimum Gasteiger partial charge on any atom is -0.491 e. The van der Waals surface area contributed by atoms with Crippen molar-refractivity contribution in [1.82, 2.24) is 0 Å². The van der Waals surface area contributed by atoms with Crippen LogP contribution >= 0.6 is 0 Å². The maximum absolute atomic E-state index is 11.0. The molecule has 1 aliphatic rings.